The summed E-state index contributed by atoms with van der Waals surface area (Å²) in [6.07, 6.45) is 1.31. The Morgan fingerprint density at radius 2 is 1.79 bits per heavy atom. The number of amides is 3. The first-order valence-electron chi connectivity index (χ1n) is 12.9. The number of carbonyl (C=O) groups is 3. The SMILES string of the molecule is CCN(CC)C(=O)COC1CN(C(=O)Cn2cc3ccccc3n2)CC(=O)N(Cc2ccc(OC)cc2)C1. The van der Waals surface area contributed by atoms with Crippen LogP contribution in [-0.2, 0) is 32.2 Å². The third kappa shape index (κ3) is 6.69. The molecule has 4 rings (SSSR count). The van der Waals surface area contributed by atoms with Crippen LogP contribution in [0.15, 0.2) is 54.7 Å². The van der Waals surface area contributed by atoms with Crippen molar-refractivity contribution in [2.24, 2.45) is 0 Å². The molecule has 1 aliphatic rings. The van der Waals surface area contributed by atoms with Crippen LogP contribution in [0.1, 0.15) is 19.4 Å². The van der Waals surface area contributed by atoms with Crippen LogP contribution in [0.5, 0.6) is 5.75 Å². The van der Waals surface area contributed by atoms with Crippen LogP contribution in [0, 0.1) is 0 Å². The molecule has 1 aromatic heterocycles. The fourth-order valence-corrected chi connectivity index (χ4v) is 4.57. The first kappa shape index (κ1) is 27.1. The molecule has 38 heavy (non-hydrogen) atoms. The fraction of sp³-hybridized carbons (Fsp3) is 0.429. The van der Waals surface area contributed by atoms with Crippen molar-refractivity contribution in [1.82, 2.24) is 24.5 Å². The van der Waals surface area contributed by atoms with E-state index in [2.05, 4.69) is 5.10 Å². The van der Waals surface area contributed by atoms with E-state index in [1.807, 2.05) is 68.6 Å². The molecule has 2 heterocycles. The zero-order valence-corrected chi connectivity index (χ0v) is 22.2. The summed E-state index contributed by atoms with van der Waals surface area (Å²) < 4.78 is 12.8. The van der Waals surface area contributed by atoms with Gasteiger partial charge in [0.1, 0.15) is 18.9 Å². The van der Waals surface area contributed by atoms with Crippen molar-refractivity contribution in [3.8, 4) is 5.75 Å². The molecule has 0 radical (unpaired) electrons. The number of aromatic nitrogens is 2. The van der Waals surface area contributed by atoms with Crippen LogP contribution in [0.4, 0.5) is 0 Å². The minimum absolute atomic E-state index is 0.00549. The molecule has 1 atom stereocenters. The third-order valence-corrected chi connectivity index (χ3v) is 6.73. The number of hydrogen-bond donors (Lipinski definition) is 0. The van der Waals surface area contributed by atoms with Crippen molar-refractivity contribution in [1.29, 1.82) is 0 Å². The van der Waals surface area contributed by atoms with Crippen LogP contribution >= 0.6 is 0 Å². The van der Waals surface area contributed by atoms with E-state index in [9.17, 15) is 14.4 Å². The highest BCUT2D eigenvalue weighted by Gasteiger charge is 2.31. The summed E-state index contributed by atoms with van der Waals surface area (Å²) in [6.45, 7) is 5.68. The number of likely N-dealkylation sites (N-methyl/N-ethyl adjacent to an activating group) is 1. The Morgan fingerprint density at radius 1 is 1.05 bits per heavy atom. The lowest BCUT2D eigenvalue weighted by Gasteiger charge is -2.26. The molecule has 10 heteroatoms. The molecule has 0 bridgehead atoms. The van der Waals surface area contributed by atoms with Gasteiger partial charge in [-0.3, -0.25) is 19.1 Å². The zero-order valence-electron chi connectivity index (χ0n) is 22.2. The lowest BCUT2D eigenvalue weighted by molar-refractivity contribution is -0.140. The van der Waals surface area contributed by atoms with Gasteiger partial charge in [-0.25, -0.2) is 0 Å². The van der Waals surface area contributed by atoms with E-state index in [1.165, 1.54) is 4.90 Å². The predicted octanol–water partition coefficient (Wildman–Crippen LogP) is 2.17. The van der Waals surface area contributed by atoms with Gasteiger partial charge in [0, 0.05) is 44.3 Å². The van der Waals surface area contributed by atoms with Gasteiger partial charge in [-0.2, -0.15) is 5.10 Å². The van der Waals surface area contributed by atoms with E-state index in [1.54, 1.807) is 21.6 Å². The van der Waals surface area contributed by atoms with Crippen molar-refractivity contribution >= 4 is 28.6 Å². The summed E-state index contributed by atoms with van der Waals surface area (Å²) in [6, 6.07) is 15.1. The molecule has 1 saturated heterocycles. The summed E-state index contributed by atoms with van der Waals surface area (Å²) in [4.78, 5) is 44.1. The molecule has 0 spiro atoms. The van der Waals surface area contributed by atoms with Gasteiger partial charge in [-0.1, -0.05) is 30.3 Å². The lowest BCUT2D eigenvalue weighted by Crippen LogP contribution is -2.42. The number of methoxy groups -OCH3 is 1. The normalized spacial score (nSPS) is 16.0. The molecule has 2 aromatic carbocycles. The highest BCUT2D eigenvalue weighted by molar-refractivity contribution is 5.86. The third-order valence-electron chi connectivity index (χ3n) is 6.73. The summed E-state index contributed by atoms with van der Waals surface area (Å²) in [7, 11) is 1.60. The average Bonchev–Trinajstić information content (AvgIpc) is 3.26. The number of benzene rings is 2. The minimum Gasteiger partial charge on any atom is -0.497 e. The Bertz CT molecular complexity index is 1220. The van der Waals surface area contributed by atoms with Crippen molar-refractivity contribution in [2.75, 3.05) is 46.4 Å². The molecule has 0 aliphatic carbocycles. The Labute approximate surface area is 222 Å². The molecule has 202 valence electrons. The second kappa shape index (κ2) is 12.6. The van der Waals surface area contributed by atoms with Gasteiger partial charge >= 0.3 is 0 Å². The predicted molar refractivity (Wildman–Crippen MR) is 142 cm³/mol. The van der Waals surface area contributed by atoms with Crippen molar-refractivity contribution < 1.29 is 23.9 Å². The molecule has 1 fully saturated rings. The largest absolute Gasteiger partial charge is 0.497 e. The molecule has 0 N–H and O–H groups in total. The van der Waals surface area contributed by atoms with E-state index in [4.69, 9.17) is 9.47 Å². The Balaban J connectivity index is 1.49. The molecule has 0 saturated carbocycles. The molecule has 1 unspecified atom stereocenters. The van der Waals surface area contributed by atoms with Gasteiger partial charge < -0.3 is 24.2 Å². The smallest absolute Gasteiger partial charge is 0.248 e. The number of ether oxygens (including phenoxy) is 2. The van der Waals surface area contributed by atoms with Crippen molar-refractivity contribution in [3.05, 3.63) is 60.3 Å². The number of carbonyl (C=O) groups excluding carboxylic acids is 3. The maximum Gasteiger partial charge on any atom is 0.248 e. The van der Waals surface area contributed by atoms with E-state index >= 15 is 0 Å². The Kier molecular flexibility index (Phi) is 8.96. The molecule has 3 aromatic rings. The molecule has 3 amide bonds. The van der Waals surface area contributed by atoms with Crippen LogP contribution in [0.3, 0.4) is 0 Å². The zero-order chi connectivity index (χ0) is 27.1. The summed E-state index contributed by atoms with van der Waals surface area (Å²) in [5.74, 6) is 0.200. The lowest BCUT2D eigenvalue weighted by atomic mass is 10.2. The second-order valence-corrected chi connectivity index (χ2v) is 9.28. The highest BCUT2D eigenvalue weighted by atomic mass is 16.5. The van der Waals surface area contributed by atoms with Gasteiger partial charge in [0.05, 0.1) is 25.3 Å². The first-order valence-corrected chi connectivity index (χ1v) is 12.9. The summed E-state index contributed by atoms with van der Waals surface area (Å²) in [5, 5.41) is 5.41. The number of rotatable bonds is 10. The van der Waals surface area contributed by atoms with Crippen LogP contribution in [0.25, 0.3) is 10.9 Å². The van der Waals surface area contributed by atoms with Crippen molar-refractivity contribution in [2.45, 2.75) is 33.0 Å². The fourth-order valence-electron chi connectivity index (χ4n) is 4.57. The van der Waals surface area contributed by atoms with Crippen LogP contribution in [0.2, 0.25) is 0 Å². The van der Waals surface area contributed by atoms with Gasteiger partial charge in [-0.05, 0) is 37.6 Å². The van der Waals surface area contributed by atoms with Gasteiger partial charge in [0.25, 0.3) is 0 Å². The molecular formula is C28H35N5O5. The molecule has 1 aliphatic heterocycles. The van der Waals surface area contributed by atoms with E-state index in [0.717, 1.165) is 22.2 Å². The summed E-state index contributed by atoms with van der Waals surface area (Å²) >= 11 is 0. The van der Waals surface area contributed by atoms with Gasteiger partial charge in [0.2, 0.25) is 17.7 Å². The standard InChI is InChI=1S/C28H35N5O5/c1-4-30(5-2)28(36)20-38-24-16-31(14-21-10-12-23(37-3)13-11-21)26(34)18-32(17-24)27(35)19-33-15-22-8-6-7-9-25(22)29-33/h6-13,15,24H,4-5,14,16-20H2,1-3H3. The monoisotopic (exact) mass is 521 g/mol. The number of nitrogens with zero attached hydrogens (tertiary/aromatic N) is 5. The number of hydrogen-bond acceptors (Lipinski definition) is 6. The maximum absolute atomic E-state index is 13.3. The quantitative estimate of drug-likeness (QED) is 0.406. The topological polar surface area (TPSA) is 97.2 Å². The van der Waals surface area contributed by atoms with Gasteiger partial charge in [-0.15, -0.1) is 0 Å². The van der Waals surface area contributed by atoms with Gasteiger partial charge in [0.15, 0.2) is 0 Å². The first-order chi connectivity index (χ1) is 18.4. The van der Waals surface area contributed by atoms with Crippen LogP contribution < -0.4 is 4.74 Å². The average molecular weight is 522 g/mol. The maximum atomic E-state index is 13.3. The Morgan fingerprint density at radius 3 is 2.47 bits per heavy atom. The van der Waals surface area contributed by atoms with E-state index in [0.29, 0.717) is 19.6 Å². The van der Waals surface area contributed by atoms with Crippen molar-refractivity contribution in [3.63, 3.8) is 0 Å². The van der Waals surface area contributed by atoms with E-state index < -0.39 is 6.10 Å². The molecule has 10 nitrogen and oxygen atoms in total. The summed E-state index contributed by atoms with van der Waals surface area (Å²) in [5.41, 5.74) is 1.73. The minimum atomic E-state index is -0.514. The highest BCUT2D eigenvalue weighted by Crippen LogP contribution is 2.17. The van der Waals surface area contributed by atoms with Crippen LogP contribution in [-0.4, -0.2) is 94.7 Å². The Hall–Kier alpha value is -3.92. The van der Waals surface area contributed by atoms with E-state index in [-0.39, 0.29) is 50.5 Å². The second-order valence-electron chi connectivity index (χ2n) is 9.28. The molecular weight excluding hydrogens is 486 g/mol. The number of fused-ring (bicyclic) bond motifs is 1.